The molecule has 2 aromatic heterocycles. The predicted octanol–water partition coefficient (Wildman–Crippen LogP) is 2.66. The third-order valence-electron chi connectivity index (χ3n) is 6.16. The first-order valence-corrected chi connectivity index (χ1v) is 12.4. The predicted molar refractivity (Wildman–Crippen MR) is 110 cm³/mol. The first-order chi connectivity index (χ1) is 15.1. The third kappa shape index (κ3) is 4.34. The van der Waals surface area contributed by atoms with Crippen LogP contribution in [0.1, 0.15) is 56.3 Å². The van der Waals surface area contributed by atoms with E-state index in [0.717, 1.165) is 12.3 Å². The molecule has 0 bridgehead atoms. The molecule has 0 N–H and O–H groups in total. The van der Waals surface area contributed by atoms with Crippen molar-refractivity contribution < 1.29 is 26.4 Å². The summed E-state index contributed by atoms with van der Waals surface area (Å²) in [6.45, 7) is 2.88. The van der Waals surface area contributed by atoms with E-state index in [1.54, 1.807) is 11.8 Å². The third-order valence-corrected chi connectivity index (χ3v) is 8.24. The van der Waals surface area contributed by atoms with Crippen LogP contribution in [0.5, 0.6) is 0 Å². The number of nitrogens with zero attached hydrogens (tertiary/aromatic N) is 5. The molecule has 0 aromatic carbocycles. The number of fused-ring (bicyclic) bond motifs is 1. The lowest BCUT2D eigenvalue weighted by atomic mass is 9.96. The number of hydrogen-bond donors (Lipinski definition) is 0. The lowest BCUT2D eigenvalue weighted by molar-refractivity contribution is -0.138. The molecule has 2 aliphatic rings. The van der Waals surface area contributed by atoms with Crippen LogP contribution in [-0.2, 0) is 21.0 Å². The minimum Gasteiger partial charge on any atom is -0.341 e. The van der Waals surface area contributed by atoms with Gasteiger partial charge in [-0.1, -0.05) is 6.92 Å². The lowest BCUT2D eigenvalue weighted by Crippen LogP contribution is -2.50. The zero-order valence-electron chi connectivity index (χ0n) is 17.8. The van der Waals surface area contributed by atoms with E-state index in [4.69, 9.17) is 0 Å². The van der Waals surface area contributed by atoms with Gasteiger partial charge in [0, 0.05) is 31.7 Å². The zero-order chi connectivity index (χ0) is 23.1. The molecule has 2 atom stereocenters. The molecule has 0 aliphatic carbocycles. The number of carbonyl (C=O) groups is 1. The van der Waals surface area contributed by atoms with Gasteiger partial charge < -0.3 is 4.90 Å². The Bertz CT molecular complexity index is 1100. The first kappa shape index (κ1) is 23.0. The summed E-state index contributed by atoms with van der Waals surface area (Å²) in [6, 6.07) is 1.54. The molecule has 2 aromatic rings. The number of sulfonamides is 1. The molecule has 1 amide bonds. The van der Waals surface area contributed by atoms with Crippen molar-refractivity contribution in [2.24, 2.45) is 0 Å². The maximum Gasteiger partial charge on any atom is 0.417 e. The second-order valence-electron chi connectivity index (χ2n) is 8.41. The van der Waals surface area contributed by atoms with E-state index in [1.807, 2.05) is 0 Å². The van der Waals surface area contributed by atoms with Crippen molar-refractivity contribution in [1.82, 2.24) is 23.8 Å². The van der Waals surface area contributed by atoms with Gasteiger partial charge in [0.05, 0.1) is 11.3 Å². The fourth-order valence-corrected chi connectivity index (χ4v) is 6.39. The van der Waals surface area contributed by atoms with Gasteiger partial charge in [0.25, 0.3) is 0 Å². The van der Waals surface area contributed by atoms with E-state index in [1.165, 1.54) is 14.8 Å². The highest BCUT2D eigenvalue weighted by Gasteiger charge is 2.41. The summed E-state index contributed by atoms with van der Waals surface area (Å²) >= 11 is 0. The standard InChI is InChI=1S/C20H26F3N5O3S/c1-2-11-32(30,31)28-10-4-6-16(28)19(29)26-9-3-5-14(12-26)18-25-24-17-8-7-15(13-27(17)18)20(21,22)23/h7-8,13-14,16H,2-6,9-12H2,1H3. The van der Waals surface area contributed by atoms with Gasteiger partial charge in [-0.05, 0) is 44.2 Å². The Labute approximate surface area is 184 Å². The van der Waals surface area contributed by atoms with E-state index in [0.29, 0.717) is 56.7 Å². The molecule has 8 nitrogen and oxygen atoms in total. The number of alkyl halides is 3. The van der Waals surface area contributed by atoms with E-state index >= 15 is 0 Å². The van der Waals surface area contributed by atoms with Gasteiger partial charge in [-0.2, -0.15) is 17.5 Å². The quantitative estimate of drug-likeness (QED) is 0.666. The van der Waals surface area contributed by atoms with Crippen LogP contribution in [0.4, 0.5) is 13.2 Å². The number of likely N-dealkylation sites (tertiary alicyclic amines) is 1. The summed E-state index contributed by atoms with van der Waals surface area (Å²) in [7, 11) is -3.49. The van der Waals surface area contributed by atoms with E-state index in [-0.39, 0.29) is 24.1 Å². The second-order valence-corrected chi connectivity index (χ2v) is 10.5. The fourth-order valence-electron chi connectivity index (χ4n) is 4.65. The average molecular weight is 474 g/mol. The summed E-state index contributed by atoms with van der Waals surface area (Å²) in [6.07, 6.45) is -0.605. The van der Waals surface area contributed by atoms with Crippen LogP contribution in [0.25, 0.3) is 5.65 Å². The van der Waals surface area contributed by atoms with Gasteiger partial charge in [0.15, 0.2) is 5.65 Å². The minimum atomic E-state index is -4.49. The highest BCUT2D eigenvalue weighted by molar-refractivity contribution is 7.89. The highest BCUT2D eigenvalue weighted by atomic mass is 32.2. The van der Waals surface area contributed by atoms with Crippen LogP contribution < -0.4 is 0 Å². The van der Waals surface area contributed by atoms with Gasteiger partial charge >= 0.3 is 6.18 Å². The molecule has 32 heavy (non-hydrogen) atoms. The molecular weight excluding hydrogens is 447 g/mol. The molecular formula is C20H26F3N5O3S. The summed E-state index contributed by atoms with van der Waals surface area (Å²) in [5.41, 5.74) is -0.485. The minimum absolute atomic E-state index is 0.00662. The van der Waals surface area contributed by atoms with Gasteiger partial charge in [-0.25, -0.2) is 8.42 Å². The van der Waals surface area contributed by atoms with E-state index < -0.39 is 27.8 Å². The van der Waals surface area contributed by atoms with Crippen LogP contribution in [-0.4, -0.2) is 69.6 Å². The lowest BCUT2D eigenvalue weighted by Gasteiger charge is -2.35. The van der Waals surface area contributed by atoms with Crippen molar-refractivity contribution in [1.29, 1.82) is 0 Å². The van der Waals surface area contributed by atoms with Crippen molar-refractivity contribution in [2.45, 2.75) is 57.2 Å². The second kappa shape index (κ2) is 8.62. The van der Waals surface area contributed by atoms with Crippen LogP contribution in [0.3, 0.4) is 0 Å². The van der Waals surface area contributed by atoms with E-state index in [9.17, 15) is 26.4 Å². The Kier molecular flexibility index (Phi) is 6.19. The van der Waals surface area contributed by atoms with Gasteiger partial charge in [0.2, 0.25) is 15.9 Å². The Morgan fingerprint density at radius 2 is 1.91 bits per heavy atom. The van der Waals surface area contributed by atoms with E-state index in [2.05, 4.69) is 10.2 Å². The molecule has 176 valence electrons. The largest absolute Gasteiger partial charge is 0.417 e. The Balaban J connectivity index is 1.56. The van der Waals surface area contributed by atoms with Crippen LogP contribution in [0.15, 0.2) is 18.3 Å². The number of aromatic nitrogens is 3. The smallest absolute Gasteiger partial charge is 0.341 e. The number of hydrogen-bond acceptors (Lipinski definition) is 5. The molecule has 0 radical (unpaired) electrons. The fraction of sp³-hybridized carbons (Fsp3) is 0.650. The Hall–Kier alpha value is -2.21. The molecule has 12 heteroatoms. The molecule has 2 aliphatic heterocycles. The van der Waals surface area contributed by atoms with Crippen LogP contribution >= 0.6 is 0 Å². The van der Waals surface area contributed by atoms with Crippen molar-refractivity contribution in [2.75, 3.05) is 25.4 Å². The molecule has 2 saturated heterocycles. The summed E-state index contributed by atoms with van der Waals surface area (Å²) in [4.78, 5) is 14.9. The van der Waals surface area contributed by atoms with Crippen LogP contribution in [0, 0.1) is 0 Å². The normalized spacial score (nSPS) is 23.2. The van der Waals surface area contributed by atoms with Crippen molar-refractivity contribution in [3.63, 3.8) is 0 Å². The number of piperidine rings is 1. The molecule has 0 spiro atoms. The first-order valence-electron chi connectivity index (χ1n) is 10.8. The average Bonchev–Trinajstić information content (AvgIpc) is 3.40. The van der Waals surface area contributed by atoms with Crippen LogP contribution in [0.2, 0.25) is 0 Å². The monoisotopic (exact) mass is 473 g/mol. The number of rotatable bonds is 5. The Morgan fingerprint density at radius 1 is 1.16 bits per heavy atom. The number of carbonyl (C=O) groups excluding carboxylic acids is 1. The van der Waals surface area contributed by atoms with Gasteiger partial charge in [-0.15, -0.1) is 10.2 Å². The maximum absolute atomic E-state index is 13.3. The van der Waals surface area contributed by atoms with Gasteiger partial charge in [0.1, 0.15) is 11.9 Å². The maximum atomic E-state index is 13.3. The molecule has 4 heterocycles. The van der Waals surface area contributed by atoms with Crippen molar-refractivity contribution in [3.05, 3.63) is 29.7 Å². The topological polar surface area (TPSA) is 87.9 Å². The van der Waals surface area contributed by atoms with Crippen molar-refractivity contribution in [3.8, 4) is 0 Å². The molecule has 2 unspecified atom stereocenters. The van der Waals surface area contributed by atoms with Crippen molar-refractivity contribution >= 4 is 21.6 Å². The number of pyridine rings is 1. The summed E-state index contributed by atoms with van der Waals surface area (Å²) < 4.78 is 67.3. The zero-order valence-corrected chi connectivity index (χ0v) is 18.6. The number of amides is 1. The summed E-state index contributed by atoms with van der Waals surface area (Å²) in [5.74, 6) is -0.136. The summed E-state index contributed by atoms with van der Waals surface area (Å²) in [5, 5.41) is 8.10. The molecule has 0 saturated carbocycles. The molecule has 2 fully saturated rings. The number of halogens is 3. The highest BCUT2D eigenvalue weighted by Crippen LogP contribution is 2.32. The SMILES string of the molecule is CCCS(=O)(=O)N1CCCC1C(=O)N1CCCC(c2nnc3ccc(C(F)(F)F)cn23)C1. The van der Waals surface area contributed by atoms with Gasteiger partial charge in [-0.3, -0.25) is 9.20 Å². The Morgan fingerprint density at radius 3 is 2.62 bits per heavy atom. The molecule has 4 rings (SSSR count).